The Morgan fingerprint density at radius 2 is 1.74 bits per heavy atom. The predicted molar refractivity (Wildman–Crippen MR) is 136 cm³/mol. The Morgan fingerprint density at radius 3 is 2.43 bits per heavy atom. The number of hydrogen-bond donors (Lipinski definition) is 3. The van der Waals surface area contributed by atoms with Gasteiger partial charge in [-0.25, -0.2) is 9.79 Å². The van der Waals surface area contributed by atoms with Gasteiger partial charge in [0, 0.05) is 29.9 Å². The molecule has 4 aromatic rings. The second kappa shape index (κ2) is 10.7. The molecule has 178 valence electrons. The highest BCUT2D eigenvalue weighted by Crippen LogP contribution is 2.32. The minimum atomic E-state index is -0.416. The van der Waals surface area contributed by atoms with Crippen LogP contribution in [0.4, 0.5) is 5.69 Å². The molecule has 1 heterocycles. The van der Waals surface area contributed by atoms with Crippen LogP contribution in [-0.2, 0) is 16.0 Å². The lowest BCUT2D eigenvalue weighted by Gasteiger charge is -2.09. The molecule has 0 unspecified atom stereocenters. The smallest absolute Gasteiger partial charge is 0.338 e. The van der Waals surface area contributed by atoms with E-state index in [0.29, 0.717) is 28.9 Å². The van der Waals surface area contributed by atoms with Crippen LogP contribution in [0, 0.1) is 0 Å². The topological polar surface area (TPSA) is 104 Å². The number of nitrogens with one attached hydrogen (secondary N) is 2. The Balaban J connectivity index is 1.74. The highest BCUT2D eigenvalue weighted by molar-refractivity contribution is 6.22. The van der Waals surface area contributed by atoms with Gasteiger partial charge in [-0.2, -0.15) is 0 Å². The first kappa shape index (κ1) is 23.8. The number of rotatable bonds is 8. The molecule has 0 saturated carbocycles. The molecule has 0 atom stereocenters. The Hall–Kier alpha value is -4.39. The van der Waals surface area contributed by atoms with Gasteiger partial charge in [0.1, 0.15) is 0 Å². The standard InChI is InChI=1S/C28H27N3O4/c1-3-35-28(34)21-11-14-23-24(17-21)31-27(33)25(23)26(20-7-5-4-6-8-20)30-22-12-9-19(10-13-22)15-16-29-18(2)32/h4-14,17,31,33H,3,15-16H2,1-2H3,(H,29,32). The minimum Gasteiger partial charge on any atom is -0.494 e. The number of ether oxygens (including phenoxy) is 1. The summed E-state index contributed by atoms with van der Waals surface area (Å²) >= 11 is 0. The number of H-pyrrole nitrogens is 1. The number of benzene rings is 3. The number of esters is 1. The van der Waals surface area contributed by atoms with E-state index in [1.165, 1.54) is 6.92 Å². The molecule has 1 aromatic heterocycles. The van der Waals surface area contributed by atoms with Gasteiger partial charge in [-0.1, -0.05) is 48.5 Å². The molecule has 3 N–H and O–H groups in total. The summed E-state index contributed by atoms with van der Waals surface area (Å²) in [5.74, 6) is -0.497. The van der Waals surface area contributed by atoms with Crippen molar-refractivity contribution < 1.29 is 19.4 Å². The molecule has 0 radical (unpaired) electrons. The summed E-state index contributed by atoms with van der Waals surface area (Å²) in [6.07, 6.45) is 0.723. The first-order valence-electron chi connectivity index (χ1n) is 11.5. The van der Waals surface area contributed by atoms with Crippen molar-refractivity contribution in [2.45, 2.75) is 20.3 Å². The summed E-state index contributed by atoms with van der Waals surface area (Å²) in [7, 11) is 0. The number of aliphatic imine (C=N–C) groups is 1. The molecule has 35 heavy (non-hydrogen) atoms. The van der Waals surface area contributed by atoms with E-state index in [1.807, 2.05) is 54.6 Å². The molecule has 0 aliphatic heterocycles. The number of carbonyl (C=O) groups is 2. The monoisotopic (exact) mass is 469 g/mol. The highest BCUT2D eigenvalue weighted by atomic mass is 16.5. The first-order valence-corrected chi connectivity index (χ1v) is 11.5. The number of hydrogen-bond acceptors (Lipinski definition) is 5. The number of nitrogens with zero attached hydrogens (tertiary/aromatic N) is 1. The van der Waals surface area contributed by atoms with Crippen LogP contribution < -0.4 is 5.32 Å². The van der Waals surface area contributed by atoms with Crippen LogP contribution in [0.15, 0.2) is 77.8 Å². The number of fused-ring (bicyclic) bond motifs is 1. The van der Waals surface area contributed by atoms with Crippen LogP contribution in [0.3, 0.4) is 0 Å². The van der Waals surface area contributed by atoms with Crippen molar-refractivity contribution in [3.63, 3.8) is 0 Å². The van der Waals surface area contributed by atoms with Crippen molar-refractivity contribution in [1.29, 1.82) is 0 Å². The number of aromatic amines is 1. The maximum Gasteiger partial charge on any atom is 0.338 e. The van der Waals surface area contributed by atoms with Crippen LogP contribution in [0.2, 0.25) is 0 Å². The molecule has 0 aliphatic rings. The molecule has 0 aliphatic carbocycles. The van der Waals surface area contributed by atoms with Gasteiger partial charge in [0.15, 0.2) is 5.88 Å². The highest BCUT2D eigenvalue weighted by Gasteiger charge is 2.20. The number of aromatic nitrogens is 1. The van der Waals surface area contributed by atoms with E-state index in [0.717, 1.165) is 28.6 Å². The Bertz CT molecular complexity index is 1370. The van der Waals surface area contributed by atoms with Crippen molar-refractivity contribution in [3.8, 4) is 5.88 Å². The number of aromatic hydroxyl groups is 1. The second-order valence-corrected chi connectivity index (χ2v) is 8.06. The average Bonchev–Trinajstić information content (AvgIpc) is 3.18. The van der Waals surface area contributed by atoms with Gasteiger partial charge in [-0.3, -0.25) is 4.79 Å². The summed E-state index contributed by atoms with van der Waals surface area (Å²) in [5, 5.41) is 14.4. The molecule has 3 aromatic carbocycles. The summed E-state index contributed by atoms with van der Waals surface area (Å²) in [5.41, 5.74) is 4.82. The predicted octanol–water partition coefficient (Wildman–Crippen LogP) is 4.90. The fraction of sp³-hybridized carbons (Fsp3) is 0.179. The van der Waals surface area contributed by atoms with Crippen LogP contribution >= 0.6 is 0 Å². The molecule has 7 heteroatoms. The molecular weight excluding hydrogens is 442 g/mol. The van der Waals surface area contributed by atoms with E-state index in [9.17, 15) is 14.7 Å². The van der Waals surface area contributed by atoms with Crippen molar-refractivity contribution >= 4 is 34.2 Å². The zero-order valence-corrected chi connectivity index (χ0v) is 19.7. The summed E-state index contributed by atoms with van der Waals surface area (Å²) < 4.78 is 5.10. The largest absolute Gasteiger partial charge is 0.494 e. The van der Waals surface area contributed by atoms with Gasteiger partial charge in [0.2, 0.25) is 5.91 Å². The van der Waals surface area contributed by atoms with Gasteiger partial charge < -0.3 is 20.1 Å². The van der Waals surface area contributed by atoms with Crippen LogP contribution in [0.1, 0.15) is 40.9 Å². The molecule has 0 spiro atoms. The number of carbonyl (C=O) groups excluding carboxylic acids is 2. The van der Waals surface area contributed by atoms with Gasteiger partial charge >= 0.3 is 5.97 Å². The Kier molecular flexibility index (Phi) is 7.26. The first-order chi connectivity index (χ1) is 17.0. The molecule has 0 saturated heterocycles. The lowest BCUT2D eigenvalue weighted by Crippen LogP contribution is -2.22. The number of amides is 1. The maximum atomic E-state index is 12.2. The lowest BCUT2D eigenvalue weighted by atomic mass is 10.00. The SMILES string of the molecule is CCOC(=O)c1ccc2c(C(=Nc3ccc(CCNC(C)=O)cc3)c3ccccc3)c(O)[nH]c2c1. The van der Waals surface area contributed by atoms with Gasteiger partial charge in [-0.05, 0) is 43.2 Å². The fourth-order valence-electron chi connectivity index (χ4n) is 3.87. The summed E-state index contributed by atoms with van der Waals surface area (Å²) in [6, 6.07) is 22.6. The lowest BCUT2D eigenvalue weighted by molar-refractivity contribution is -0.118. The van der Waals surface area contributed by atoms with Crippen molar-refractivity contribution in [3.05, 3.63) is 95.1 Å². The Morgan fingerprint density at radius 1 is 1.00 bits per heavy atom. The molecule has 7 nitrogen and oxygen atoms in total. The molecule has 0 bridgehead atoms. The van der Waals surface area contributed by atoms with E-state index in [-0.39, 0.29) is 18.4 Å². The van der Waals surface area contributed by atoms with Crippen molar-refractivity contribution in [2.24, 2.45) is 4.99 Å². The van der Waals surface area contributed by atoms with E-state index in [4.69, 9.17) is 9.73 Å². The van der Waals surface area contributed by atoms with E-state index in [1.54, 1.807) is 25.1 Å². The van der Waals surface area contributed by atoms with E-state index < -0.39 is 5.97 Å². The van der Waals surface area contributed by atoms with Gasteiger partial charge in [-0.15, -0.1) is 0 Å². The van der Waals surface area contributed by atoms with Crippen molar-refractivity contribution in [1.82, 2.24) is 10.3 Å². The van der Waals surface area contributed by atoms with Gasteiger partial charge in [0.05, 0.1) is 29.1 Å². The zero-order chi connectivity index (χ0) is 24.8. The van der Waals surface area contributed by atoms with E-state index in [2.05, 4.69) is 10.3 Å². The molecule has 0 fully saturated rings. The average molecular weight is 470 g/mol. The Labute approximate surface area is 203 Å². The van der Waals surface area contributed by atoms with Crippen molar-refractivity contribution in [2.75, 3.05) is 13.2 Å². The van der Waals surface area contributed by atoms with Crippen LogP contribution in [-0.4, -0.2) is 40.8 Å². The summed E-state index contributed by atoms with van der Waals surface area (Å²) in [4.78, 5) is 31.1. The molecule has 1 amide bonds. The fourth-order valence-corrected chi connectivity index (χ4v) is 3.87. The zero-order valence-electron chi connectivity index (χ0n) is 19.7. The van der Waals surface area contributed by atoms with Gasteiger partial charge in [0.25, 0.3) is 0 Å². The molecular formula is C28H27N3O4. The normalized spacial score (nSPS) is 11.4. The molecule has 4 rings (SSSR count). The third-order valence-electron chi connectivity index (χ3n) is 5.54. The minimum absolute atomic E-state index is 0.0319. The quantitative estimate of drug-likeness (QED) is 0.252. The maximum absolute atomic E-state index is 12.2. The second-order valence-electron chi connectivity index (χ2n) is 8.06. The third-order valence-corrected chi connectivity index (χ3v) is 5.54. The summed E-state index contributed by atoms with van der Waals surface area (Å²) in [6.45, 7) is 4.12. The third kappa shape index (κ3) is 5.58. The van der Waals surface area contributed by atoms with Crippen LogP contribution in [0.5, 0.6) is 5.88 Å². The van der Waals surface area contributed by atoms with Crippen LogP contribution in [0.25, 0.3) is 10.9 Å². The van der Waals surface area contributed by atoms with E-state index >= 15 is 0 Å².